The van der Waals surface area contributed by atoms with E-state index in [1.807, 2.05) is 36.0 Å². The van der Waals surface area contributed by atoms with Crippen LogP contribution in [0.2, 0.25) is 0 Å². The quantitative estimate of drug-likeness (QED) is 0.911. The van der Waals surface area contributed by atoms with Gasteiger partial charge in [-0.2, -0.15) is 5.10 Å². The van der Waals surface area contributed by atoms with E-state index in [4.69, 9.17) is 5.73 Å². The lowest BCUT2D eigenvalue weighted by Crippen LogP contribution is -2.51. The first-order valence-electron chi connectivity index (χ1n) is 8.45. The van der Waals surface area contributed by atoms with Crippen molar-refractivity contribution in [2.45, 2.75) is 58.0 Å². The first kappa shape index (κ1) is 16.0. The van der Waals surface area contributed by atoms with E-state index in [0.717, 1.165) is 42.3 Å². The Morgan fingerprint density at radius 2 is 2.22 bits per heavy atom. The largest absolute Gasteiger partial charge is 0.326 e. The Balaban J connectivity index is 1.83. The van der Waals surface area contributed by atoms with E-state index in [1.165, 1.54) is 0 Å². The monoisotopic (exact) mass is 314 g/mol. The maximum Gasteiger partial charge on any atom is 0.229 e. The van der Waals surface area contributed by atoms with Crippen LogP contribution in [0.15, 0.2) is 24.4 Å². The van der Waals surface area contributed by atoms with Crippen LogP contribution >= 0.6 is 0 Å². The predicted octanol–water partition coefficient (Wildman–Crippen LogP) is 3.46. The fraction of sp³-hybridized carbons (Fsp3) is 0.556. The summed E-state index contributed by atoms with van der Waals surface area (Å²) >= 11 is 0. The Morgan fingerprint density at radius 3 is 2.91 bits per heavy atom. The minimum Gasteiger partial charge on any atom is -0.326 e. The molecule has 1 fully saturated rings. The van der Waals surface area contributed by atoms with Crippen molar-refractivity contribution >= 4 is 22.5 Å². The summed E-state index contributed by atoms with van der Waals surface area (Å²) in [5.41, 5.74) is 7.78. The lowest BCUT2D eigenvalue weighted by Gasteiger charge is -2.37. The number of aromatic nitrogens is 2. The van der Waals surface area contributed by atoms with Crippen molar-refractivity contribution in [1.82, 2.24) is 9.78 Å². The van der Waals surface area contributed by atoms with Crippen molar-refractivity contribution in [2.24, 2.45) is 11.7 Å². The van der Waals surface area contributed by atoms with E-state index in [9.17, 15) is 4.79 Å². The Bertz CT molecular complexity index is 717. The van der Waals surface area contributed by atoms with Crippen LogP contribution < -0.4 is 11.1 Å². The number of hydrogen-bond donors (Lipinski definition) is 2. The second kappa shape index (κ2) is 5.96. The average Bonchev–Trinajstić information content (AvgIpc) is 2.89. The lowest BCUT2D eigenvalue weighted by molar-refractivity contribution is -0.122. The van der Waals surface area contributed by atoms with Gasteiger partial charge in [0, 0.05) is 22.7 Å². The molecule has 2 aromatic rings. The van der Waals surface area contributed by atoms with Crippen LogP contribution in [0.25, 0.3) is 10.9 Å². The molecule has 1 heterocycles. The molecule has 23 heavy (non-hydrogen) atoms. The Kier molecular flexibility index (Phi) is 4.15. The lowest BCUT2D eigenvalue weighted by atomic mass is 9.74. The Labute approximate surface area is 137 Å². The molecule has 3 N–H and O–H groups in total. The molecule has 0 aliphatic heterocycles. The molecule has 1 aromatic carbocycles. The van der Waals surface area contributed by atoms with E-state index in [1.54, 1.807) is 0 Å². The van der Waals surface area contributed by atoms with Crippen LogP contribution in [0.5, 0.6) is 0 Å². The highest BCUT2D eigenvalue weighted by molar-refractivity contribution is 5.95. The smallest absolute Gasteiger partial charge is 0.229 e. The standard InChI is InChI=1S/C18H26N4O/c1-12(2)22-16-10-14(8-7-13(16)11-20-22)21-17(23)15-6-4-5-9-18(15,3)19/h7-8,10-12,15H,4-6,9,19H2,1-3H3,(H,21,23). The molecular weight excluding hydrogens is 288 g/mol. The molecule has 1 aliphatic carbocycles. The van der Waals surface area contributed by atoms with Crippen LogP contribution in [0, 0.1) is 5.92 Å². The third-order valence-electron chi connectivity index (χ3n) is 4.93. The van der Waals surface area contributed by atoms with Crippen molar-refractivity contribution in [3.8, 4) is 0 Å². The summed E-state index contributed by atoms with van der Waals surface area (Å²) in [4.78, 5) is 12.7. The van der Waals surface area contributed by atoms with E-state index >= 15 is 0 Å². The van der Waals surface area contributed by atoms with Crippen molar-refractivity contribution in [3.05, 3.63) is 24.4 Å². The molecule has 5 heteroatoms. The summed E-state index contributed by atoms with van der Waals surface area (Å²) in [6.45, 7) is 6.19. The molecule has 1 saturated carbocycles. The van der Waals surface area contributed by atoms with Gasteiger partial charge in [0.2, 0.25) is 5.91 Å². The fourth-order valence-corrected chi connectivity index (χ4v) is 3.55. The maximum atomic E-state index is 12.7. The minimum atomic E-state index is -0.411. The summed E-state index contributed by atoms with van der Waals surface area (Å²) in [6, 6.07) is 6.21. The van der Waals surface area contributed by atoms with E-state index in [-0.39, 0.29) is 17.9 Å². The zero-order valence-electron chi connectivity index (χ0n) is 14.2. The van der Waals surface area contributed by atoms with Gasteiger partial charge in [-0.1, -0.05) is 12.8 Å². The van der Waals surface area contributed by atoms with Gasteiger partial charge in [-0.05, 0) is 51.8 Å². The van der Waals surface area contributed by atoms with E-state index in [0.29, 0.717) is 0 Å². The zero-order valence-corrected chi connectivity index (χ0v) is 14.2. The molecule has 0 spiro atoms. The van der Waals surface area contributed by atoms with Crippen molar-refractivity contribution in [3.63, 3.8) is 0 Å². The van der Waals surface area contributed by atoms with Gasteiger partial charge >= 0.3 is 0 Å². The molecule has 1 amide bonds. The SMILES string of the molecule is CC(C)n1ncc2ccc(NC(=O)C3CCCCC3(C)N)cc21. The van der Waals surface area contributed by atoms with Gasteiger partial charge in [0.1, 0.15) is 0 Å². The van der Waals surface area contributed by atoms with Crippen LogP contribution in [-0.4, -0.2) is 21.2 Å². The van der Waals surface area contributed by atoms with Gasteiger partial charge in [-0.3, -0.25) is 9.48 Å². The second-order valence-electron chi connectivity index (χ2n) is 7.25. The number of amides is 1. The fourth-order valence-electron chi connectivity index (χ4n) is 3.55. The first-order chi connectivity index (χ1) is 10.9. The van der Waals surface area contributed by atoms with Crippen LogP contribution in [0.1, 0.15) is 52.5 Å². The highest BCUT2D eigenvalue weighted by atomic mass is 16.1. The van der Waals surface area contributed by atoms with Crippen LogP contribution in [0.3, 0.4) is 0 Å². The molecule has 2 atom stereocenters. The molecule has 3 rings (SSSR count). The van der Waals surface area contributed by atoms with Gasteiger partial charge < -0.3 is 11.1 Å². The van der Waals surface area contributed by atoms with E-state index < -0.39 is 5.54 Å². The summed E-state index contributed by atoms with van der Waals surface area (Å²) in [5, 5.41) is 8.55. The summed E-state index contributed by atoms with van der Waals surface area (Å²) < 4.78 is 1.97. The summed E-state index contributed by atoms with van der Waals surface area (Å²) in [5.74, 6) is -0.0911. The van der Waals surface area contributed by atoms with Gasteiger partial charge in [-0.25, -0.2) is 0 Å². The van der Waals surface area contributed by atoms with Crippen LogP contribution in [-0.2, 0) is 4.79 Å². The molecule has 2 unspecified atom stereocenters. The van der Waals surface area contributed by atoms with Crippen molar-refractivity contribution in [1.29, 1.82) is 0 Å². The highest BCUT2D eigenvalue weighted by Gasteiger charge is 2.37. The number of anilines is 1. The molecule has 0 radical (unpaired) electrons. The van der Waals surface area contributed by atoms with Gasteiger partial charge in [-0.15, -0.1) is 0 Å². The number of nitrogens with two attached hydrogens (primary N) is 1. The molecule has 0 saturated heterocycles. The molecular formula is C18H26N4O. The normalized spacial score (nSPS) is 25.0. The molecule has 0 bridgehead atoms. The van der Waals surface area contributed by atoms with Crippen molar-refractivity contribution in [2.75, 3.05) is 5.32 Å². The first-order valence-corrected chi connectivity index (χ1v) is 8.45. The Hall–Kier alpha value is -1.88. The number of nitrogens with one attached hydrogen (secondary N) is 1. The Morgan fingerprint density at radius 1 is 1.43 bits per heavy atom. The number of rotatable bonds is 3. The summed E-state index contributed by atoms with van der Waals surface area (Å²) in [7, 11) is 0. The maximum absolute atomic E-state index is 12.7. The topological polar surface area (TPSA) is 72.9 Å². The van der Waals surface area contributed by atoms with Crippen molar-refractivity contribution < 1.29 is 4.79 Å². The summed E-state index contributed by atoms with van der Waals surface area (Å²) in [6.07, 6.45) is 5.81. The third kappa shape index (κ3) is 3.11. The third-order valence-corrected chi connectivity index (χ3v) is 4.93. The van der Waals surface area contributed by atoms with Gasteiger partial charge in [0.05, 0.1) is 17.6 Å². The number of fused-ring (bicyclic) bond motifs is 1. The molecule has 5 nitrogen and oxygen atoms in total. The number of benzene rings is 1. The van der Waals surface area contributed by atoms with Gasteiger partial charge in [0.15, 0.2) is 0 Å². The predicted molar refractivity (Wildman–Crippen MR) is 93.3 cm³/mol. The van der Waals surface area contributed by atoms with Gasteiger partial charge in [0.25, 0.3) is 0 Å². The zero-order chi connectivity index (χ0) is 16.6. The number of carbonyl (C=O) groups is 1. The minimum absolute atomic E-state index is 0.0321. The highest BCUT2D eigenvalue weighted by Crippen LogP contribution is 2.32. The van der Waals surface area contributed by atoms with E-state index in [2.05, 4.69) is 24.3 Å². The molecule has 1 aliphatic rings. The second-order valence-corrected chi connectivity index (χ2v) is 7.25. The van der Waals surface area contributed by atoms with Crippen LogP contribution in [0.4, 0.5) is 5.69 Å². The molecule has 1 aromatic heterocycles. The number of hydrogen-bond acceptors (Lipinski definition) is 3. The number of nitrogens with zero attached hydrogens (tertiary/aromatic N) is 2. The number of carbonyl (C=O) groups excluding carboxylic acids is 1. The molecule has 124 valence electrons. The average molecular weight is 314 g/mol.